The molecule has 1 heterocycles. The third-order valence-electron chi connectivity index (χ3n) is 3.10. The van der Waals surface area contributed by atoms with Gasteiger partial charge in [0.05, 0.1) is 6.20 Å². The van der Waals surface area contributed by atoms with Crippen molar-refractivity contribution in [1.82, 2.24) is 20.3 Å². The number of nitrogens with zero attached hydrogens (tertiary/aromatic N) is 3. The van der Waals surface area contributed by atoms with Crippen LogP contribution < -0.4 is 5.32 Å². The third-order valence-corrected chi connectivity index (χ3v) is 3.10. The number of carboxylic acids is 1. The minimum atomic E-state index is -1.02. The Morgan fingerprint density at radius 1 is 1.56 bits per heavy atom. The van der Waals surface area contributed by atoms with Gasteiger partial charge in [-0.05, 0) is 25.2 Å². The first-order valence-corrected chi connectivity index (χ1v) is 5.97. The van der Waals surface area contributed by atoms with Crippen LogP contribution in [-0.4, -0.2) is 38.0 Å². The number of nitrogens with one attached hydrogen (secondary N) is 1. The van der Waals surface area contributed by atoms with Gasteiger partial charge in [-0.25, -0.2) is 4.68 Å². The predicted octanol–water partition coefficient (Wildman–Crippen LogP) is 0.281. The van der Waals surface area contributed by atoms with Crippen molar-refractivity contribution in [1.29, 1.82) is 0 Å². The van der Waals surface area contributed by atoms with Gasteiger partial charge in [0.2, 0.25) is 0 Å². The molecule has 98 valence electrons. The molecule has 0 aliphatic heterocycles. The fourth-order valence-electron chi connectivity index (χ4n) is 2.22. The molecule has 1 amide bonds. The molecular weight excluding hydrogens is 236 g/mol. The number of carbonyl (C=O) groups excluding carboxylic acids is 1. The number of hydrogen-bond acceptors (Lipinski definition) is 4. The first kappa shape index (κ1) is 12.5. The summed E-state index contributed by atoms with van der Waals surface area (Å²) < 4.78 is 1.13. The summed E-state index contributed by atoms with van der Waals surface area (Å²) in [5.74, 6) is -0.666. The maximum Gasteiger partial charge on any atom is 0.325 e. The number of aliphatic carboxylic acids is 1. The van der Waals surface area contributed by atoms with Crippen LogP contribution >= 0.6 is 0 Å². The highest BCUT2D eigenvalue weighted by atomic mass is 16.4. The van der Waals surface area contributed by atoms with Crippen molar-refractivity contribution < 1.29 is 14.7 Å². The number of aromatic nitrogens is 3. The Morgan fingerprint density at radius 2 is 2.33 bits per heavy atom. The molecule has 0 aromatic carbocycles. The van der Waals surface area contributed by atoms with Crippen molar-refractivity contribution in [3.8, 4) is 0 Å². The van der Waals surface area contributed by atoms with Crippen molar-refractivity contribution >= 4 is 11.9 Å². The molecule has 0 saturated heterocycles. The lowest BCUT2D eigenvalue weighted by atomic mass is 10.1. The average Bonchev–Trinajstić information content (AvgIpc) is 2.87. The van der Waals surface area contributed by atoms with E-state index < -0.39 is 5.97 Å². The minimum Gasteiger partial charge on any atom is -0.480 e. The molecule has 18 heavy (non-hydrogen) atoms. The van der Waals surface area contributed by atoms with Crippen LogP contribution in [-0.2, 0) is 11.3 Å². The van der Waals surface area contributed by atoms with Gasteiger partial charge in [0.15, 0.2) is 5.69 Å². The van der Waals surface area contributed by atoms with E-state index in [9.17, 15) is 9.59 Å². The summed E-state index contributed by atoms with van der Waals surface area (Å²) in [5, 5.41) is 18.7. The molecule has 0 spiro atoms. The number of carboxylic acid groups (broad SMARTS) is 1. The van der Waals surface area contributed by atoms with Crippen molar-refractivity contribution in [2.24, 2.45) is 5.92 Å². The predicted molar refractivity (Wildman–Crippen MR) is 61.9 cm³/mol. The second-order valence-corrected chi connectivity index (χ2v) is 4.78. The summed E-state index contributed by atoms with van der Waals surface area (Å²) in [5.41, 5.74) is 0.163. The zero-order valence-corrected chi connectivity index (χ0v) is 10.2. The molecule has 1 aromatic rings. The minimum absolute atomic E-state index is 0.163. The quantitative estimate of drug-likeness (QED) is 0.802. The van der Waals surface area contributed by atoms with E-state index in [4.69, 9.17) is 5.11 Å². The number of carbonyl (C=O) groups is 2. The van der Waals surface area contributed by atoms with E-state index in [1.165, 1.54) is 6.20 Å². The fraction of sp³-hybridized carbons (Fsp3) is 0.636. The molecular formula is C11H16N4O3. The second kappa shape index (κ2) is 5.16. The average molecular weight is 252 g/mol. The van der Waals surface area contributed by atoms with Gasteiger partial charge in [-0.3, -0.25) is 9.59 Å². The Labute approximate surface area is 104 Å². The Bertz CT molecular complexity index is 457. The first-order valence-electron chi connectivity index (χ1n) is 5.97. The van der Waals surface area contributed by atoms with Gasteiger partial charge >= 0.3 is 5.97 Å². The molecule has 2 N–H and O–H groups in total. The van der Waals surface area contributed by atoms with Gasteiger partial charge in [0, 0.05) is 6.04 Å². The molecule has 1 aliphatic carbocycles. The fourth-order valence-corrected chi connectivity index (χ4v) is 2.22. The monoisotopic (exact) mass is 252 g/mol. The van der Waals surface area contributed by atoms with Crippen LogP contribution in [0.4, 0.5) is 0 Å². The molecule has 1 saturated carbocycles. The van der Waals surface area contributed by atoms with Gasteiger partial charge in [-0.1, -0.05) is 12.1 Å². The van der Waals surface area contributed by atoms with E-state index in [2.05, 4.69) is 22.6 Å². The maximum absolute atomic E-state index is 11.8. The lowest BCUT2D eigenvalue weighted by molar-refractivity contribution is -0.137. The lowest BCUT2D eigenvalue weighted by Crippen LogP contribution is -2.33. The Kier molecular flexibility index (Phi) is 3.59. The van der Waals surface area contributed by atoms with Crippen molar-refractivity contribution in [3.63, 3.8) is 0 Å². The van der Waals surface area contributed by atoms with Crippen LogP contribution in [0.2, 0.25) is 0 Å². The molecule has 1 fully saturated rings. The highest BCUT2D eigenvalue weighted by Crippen LogP contribution is 2.24. The number of hydrogen-bond donors (Lipinski definition) is 2. The van der Waals surface area contributed by atoms with Crippen LogP contribution in [0.15, 0.2) is 6.20 Å². The van der Waals surface area contributed by atoms with Gasteiger partial charge in [-0.15, -0.1) is 5.10 Å². The number of rotatable bonds is 4. The molecule has 2 unspecified atom stereocenters. The van der Waals surface area contributed by atoms with E-state index >= 15 is 0 Å². The van der Waals surface area contributed by atoms with Gasteiger partial charge < -0.3 is 10.4 Å². The largest absolute Gasteiger partial charge is 0.480 e. The normalized spacial score (nSPS) is 22.9. The Hall–Kier alpha value is -1.92. The van der Waals surface area contributed by atoms with Crippen molar-refractivity contribution in [2.45, 2.75) is 38.8 Å². The van der Waals surface area contributed by atoms with Crippen molar-refractivity contribution in [3.05, 3.63) is 11.9 Å². The molecule has 7 nitrogen and oxygen atoms in total. The zero-order valence-electron chi connectivity index (χ0n) is 10.2. The van der Waals surface area contributed by atoms with Gasteiger partial charge in [0.1, 0.15) is 6.54 Å². The SMILES string of the molecule is CC1CCC(NC(=O)c2cn(CC(=O)O)nn2)C1. The van der Waals surface area contributed by atoms with Crippen molar-refractivity contribution in [2.75, 3.05) is 0 Å². The van der Waals surface area contributed by atoms with E-state index in [-0.39, 0.29) is 24.2 Å². The van der Waals surface area contributed by atoms with Crippen LogP contribution in [0, 0.1) is 5.92 Å². The molecule has 1 aromatic heterocycles. The first-order chi connectivity index (χ1) is 8.54. The van der Waals surface area contributed by atoms with Crippen LogP contribution in [0.25, 0.3) is 0 Å². The van der Waals surface area contributed by atoms with Crippen LogP contribution in [0.1, 0.15) is 36.7 Å². The van der Waals surface area contributed by atoms with Crippen LogP contribution in [0.5, 0.6) is 0 Å². The molecule has 2 rings (SSSR count). The summed E-state index contributed by atoms with van der Waals surface area (Å²) in [6.45, 7) is 1.87. The smallest absolute Gasteiger partial charge is 0.325 e. The topological polar surface area (TPSA) is 97.1 Å². The molecule has 2 atom stereocenters. The van der Waals surface area contributed by atoms with Gasteiger partial charge in [-0.2, -0.15) is 0 Å². The lowest BCUT2D eigenvalue weighted by Gasteiger charge is -2.10. The summed E-state index contributed by atoms with van der Waals surface area (Å²) >= 11 is 0. The highest BCUT2D eigenvalue weighted by Gasteiger charge is 2.24. The van der Waals surface area contributed by atoms with E-state index in [1.54, 1.807) is 0 Å². The molecule has 1 aliphatic rings. The van der Waals surface area contributed by atoms with E-state index in [0.29, 0.717) is 5.92 Å². The molecule has 0 bridgehead atoms. The Morgan fingerprint density at radius 3 is 2.94 bits per heavy atom. The summed E-state index contributed by atoms with van der Waals surface area (Å²) in [4.78, 5) is 22.3. The van der Waals surface area contributed by atoms with E-state index in [1.807, 2.05) is 0 Å². The van der Waals surface area contributed by atoms with Crippen LogP contribution in [0.3, 0.4) is 0 Å². The standard InChI is InChI=1S/C11H16N4O3/c1-7-2-3-8(4-7)12-11(18)9-5-15(14-13-9)6-10(16)17/h5,7-8H,2-4,6H2,1H3,(H,12,18)(H,16,17). The summed E-state index contributed by atoms with van der Waals surface area (Å²) in [6.07, 6.45) is 4.43. The molecule has 7 heteroatoms. The third kappa shape index (κ3) is 3.06. The maximum atomic E-state index is 11.8. The second-order valence-electron chi connectivity index (χ2n) is 4.78. The number of amides is 1. The molecule has 0 radical (unpaired) electrons. The summed E-state index contributed by atoms with van der Waals surface area (Å²) in [7, 11) is 0. The van der Waals surface area contributed by atoms with Gasteiger partial charge in [0.25, 0.3) is 5.91 Å². The summed E-state index contributed by atoms with van der Waals surface area (Å²) in [6, 6.07) is 0.192. The zero-order chi connectivity index (χ0) is 13.1. The Balaban J connectivity index is 1.92. The van der Waals surface area contributed by atoms with E-state index in [0.717, 1.165) is 23.9 Å². The highest BCUT2D eigenvalue weighted by molar-refractivity contribution is 5.92.